The molecule has 0 radical (unpaired) electrons. The second-order valence-corrected chi connectivity index (χ2v) is 4.01. The van der Waals surface area contributed by atoms with Crippen LogP contribution in [0.1, 0.15) is 12.5 Å². The summed E-state index contributed by atoms with van der Waals surface area (Å²) in [5.41, 5.74) is 0.992. The number of rotatable bonds is 3. The van der Waals surface area contributed by atoms with Gasteiger partial charge >= 0.3 is 0 Å². The Morgan fingerprint density at radius 1 is 1.12 bits per heavy atom. The fourth-order valence-electron chi connectivity index (χ4n) is 1.84. The second-order valence-electron chi connectivity index (χ2n) is 4.01. The number of hydrogen-bond acceptors (Lipinski definition) is 3. The molecule has 1 aromatic rings. The van der Waals surface area contributed by atoms with Crippen LogP contribution in [-0.2, 0) is 16.1 Å². The molecule has 1 saturated heterocycles. The molecule has 90 valence electrons. The minimum Gasteiger partial charge on any atom is -0.332 e. The Morgan fingerprint density at radius 3 is 2.35 bits per heavy atom. The number of piperazine rings is 1. The van der Waals surface area contributed by atoms with Gasteiger partial charge < -0.3 is 9.80 Å². The largest absolute Gasteiger partial charge is 0.332 e. The average molecular weight is 233 g/mol. The molecule has 5 nitrogen and oxygen atoms in total. The van der Waals surface area contributed by atoms with Crippen LogP contribution in [0.5, 0.6) is 0 Å². The molecule has 0 saturated carbocycles. The van der Waals surface area contributed by atoms with Crippen LogP contribution in [-0.4, -0.2) is 46.2 Å². The van der Waals surface area contributed by atoms with Gasteiger partial charge in [-0.3, -0.25) is 14.6 Å². The van der Waals surface area contributed by atoms with Crippen LogP contribution in [0.3, 0.4) is 0 Å². The van der Waals surface area contributed by atoms with Crippen molar-refractivity contribution in [2.75, 3.05) is 19.6 Å². The summed E-state index contributed by atoms with van der Waals surface area (Å²) in [5, 5.41) is 0. The molecule has 2 rings (SSSR count). The smallest absolute Gasteiger partial charge is 0.242 e. The first kappa shape index (κ1) is 11.6. The number of likely N-dealkylation sites (N-methyl/N-ethyl adjacent to an activating group) is 1. The van der Waals surface area contributed by atoms with E-state index in [2.05, 4.69) is 4.98 Å². The van der Waals surface area contributed by atoms with Gasteiger partial charge in [-0.2, -0.15) is 0 Å². The van der Waals surface area contributed by atoms with Crippen molar-refractivity contribution in [2.45, 2.75) is 13.5 Å². The van der Waals surface area contributed by atoms with E-state index < -0.39 is 0 Å². The van der Waals surface area contributed by atoms with E-state index in [4.69, 9.17) is 0 Å². The summed E-state index contributed by atoms with van der Waals surface area (Å²) in [5.74, 6) is 0.0180. The highest BCUT2D eigenvalue weighted by molar-refractivity contribution is 5.92. The van der Waals surface area contributed by atoms with Gasteiger partial charge in [0, 0.05) is 25.5 Å². The molecular formula is C12H15N3O2. The van der Waals surface area contributed by atoms with E-state index in [-0.39, 0.29) is 24.9 Å². The van der Waals surface area contributed by atoms with E-state index in [0.29, 0.717) is 13.1 Å². The molecule has 5 heteroatoms. The molecule has 1 aliphatic rings. The predicted octanol–water partition coefficient (Wildman–Crippen LogP) is 0.272. The zero-order chi connectivity index (χ0) is 12.3. The van der Waals surface area contributed by atoms with E-state index in [1.54, 1.807) is 22.2 Å². The highest BCUT2D eigenvalue weighted by Gasteiger charge is 2.28. The van der Waals surface area contributed by atoms with E-state index >= 15 is 0 Å². The van der Waals surface area contributed by atoms with E-state index in [0.717, 1.165) is 5.56 Å². The first-order valence-corrected chi connectivity index (χ1v) is 5.65. The summed E-state index contributed by atoms with van der Waals surface area (Å²) in [4.78, 5) is 30.6. The Morgan fingerprint density at radius 2 is 1.71 bits per heavy atom. The Bertz CT molecular complexity index is 419. The number of aromatic nitrogens is 1. The minimum atomic E-state index is 0.00302. The lowest BCUT2D eigenvalue weighted by molar-refractivity contribution is -0.150. The van der Waals surface area contributed by atoms with Crippen LogP contribution in [0, 0.1) is 0 Å². The van der Waals surface area contributed by atoms with Crippen LogP contribution in [0.15, 0.2) is 24.5 Å². The average Bonchev–Trinajstić information content (AvgIpc) is 2.34. The second kappa shape index (κ2) is 4.95. The van der Waals surface area contributed by atoms with Crippen LogP contribution in [0.4, 0.5) is 0 Å². The molecule has 1 fully saturated rings. The van der Waals surface area contributed by atoms with Gasteiger partial charge in [0.05, 0.1) is 6.54 Å². The van der Waals surface area contributed by atoms with Gasteiger partial charge in [0.1, 0.15) is 6.54 Å². The van der Waals surface area contributed by atoms with Crippen LogP contribution in [0.2, 0.25) is 0 Å². The van der Waals surface area contributed by atoms with Crippen LogP contribution >= 0.6 is 0 Å². The molecule has 0 bridgehead atoms. The van der Waals surface area contributed by atoms with Gasteiger partial charge in [-0.1, -0.05) is 0 Å². The zero-order valence-corrected chi connectivity index (χ0v) is 9.80. The molecule has 2 amide bonds. The van der Waals surface area contributed by atoms with Gasteiger partial charge in [0.15, 0.2) is 0 Å². The molecule has 0 N–H and O–H groups in total. The molecule has 0 aliphatic carbocycles. The molecular weight excluding hydrogens is 218 g/mol. The third-order valence-electron chi connectivity index (χ3n) is 2.86. The van der Waals surface area contributed by atoms with Crippen LogP contribution in [0.25, 0.3) is 0 Å². The SMILES string of the molecule is CCN1CC(=O)N(Cc2ccncc2)CC1=O. The van der Waals surface area contributed by atoms with Gasteiger partial charge in [0.25, 0.3) is 0 Å². The molecule has 17 heavy (non-hydrogen) atoms. The van der Waals surface area contributed by atoms with Gasteiger partial charge in [-0.25, -0.2) is 0 Å². The normalized spacial score (nSPS) is 16.5. The van der Waals surface area contributed by atoms with Crippen LogP contribution < -0.4 is 0 Å². The highest BCUT2D eigenvalue weighted by atomic mass is 16.2. The first-order chi connectivity index (χ1) is 8.20. The lowest BCUT2D eigenvalue weighted by atomic mass is 10.2. The van der Waals surface area contributed by atoms with Crippen molar-refractivity contribution in [1.29, 1.82) is 0 Å². The standard InChI is InChI=1S/C12H15N3O2/c1-2-14-8-12(17)15(9-11(14)16)7-10-3-5-13-6-4-10/h3-6H,2,7-9H2,1H3. The maximum atomic E-state index is 11.8. The summed E-state index contributed by atoms with van der Waals surface area (Å²) in [7, 11) is 0. The van der Waals surface area contributed by atoms with Crippen molar-refractivity contribution in [1.82, 2.24) is 14.8 Å². The van der Waals surface area contributed by atoms with E-state index in [1.165, 1.54) is 0 Å². The summed E-state index contributed by atoms with van der Waals surface area (Å²) in [6, 6.07) is 3.70. The van der Waals surface area contributed by atoms with Crippen molar-refractivity contribution in [3.8, 4) is 0 Å². The van der Waals surface area contributed by atoms with Crippen molar-refractivity contribution in [3.05, 3.63) is 30.1 Å². The molecule has 0 spiro atoms. The third kappa shape index (κ3) is 2.61. The third-order valence-corrected chi connectivity index (χ3v) is 2.86. The fourth-order valence-corrected chi connectivity index (χ4v) is 1.84. The van der Waals surface area contributed by atoms with Crippen molar-refractivity contribution >= 4 is 11.8 Å². The van der Waals surface area contributed by atoms with Gasteiger partial charge in [0.2, 0.25) is 11.8 Å². The topological polar surface area (TPSA) is 53.5 Å². The van der Waals surface area contributed by atoms with E-state index in [1.807, 2.05) is 19.1 Å². The number of amides is 2. The lowest BCUT2D eigenvalue weighted by Crippen LogP contribution is -2.53. The Balaban J connectivity index is 2.03. The lowest BCUT2D eigenvalue weighted by Gasteiger charge is -2.33. The molecule has 0 atom stereocenters. The molecule has 1 aromatic heterocycles. The van der Waals surface area contributed by atoms with Crippen molar-refractivity contribution in [3.63, 3.8) is 0 Å². The van der Waals surface area contributed by atoms with E-state index in [9.17, 15) is 9.59 Å². The molecule has 0 aromatic carbocycles. The van der Waals surface area contributed by atoms with Gasteiger partial charge in [-0.05, 0) is 24.6 Å². The van der Waals surface area contributed by atoms with Crippen molar-refractivity contribution in [2.24, 2.45) is 0 Å². The Hall–Kier alpha value is -1.91. The number of nitrogens with zero attached hydrogens (tertiary/aromatic N) is 3. The monoisotopic (exact) mass is 233 g/mol. The summed E-state index contributed by atoms with van der Waals surface area (Å²) in [6.07, 6.45) is 3.37. The first-order valence-electron chi connectivity index (χ1n) is 5.65. The maximum absolute atomic E-state index is 11.8. The zero-order valence-electron chi connectivity index (χ0n) is 9.80. The number of pyridine rings is 1. The van der Waals surface area contributed by atoms with Crippen molar-refractivity contribution < 1.29 is 9.59 Å². The predicted molar refractivity (Wildman–Crippen MR) is 61.9 cm³/mol. The summed E-state index contributed by atoms with van der Waals surface area (Å²) >= 11 is 0. The number of carbonyl (C=O) groups is 2. The molecule has 0 unspecified atom stereocenters. The summed E-state index contributed by atoms with van der Waals surface area (Å²) < 4.78 is 0. The summed E-state index contributed by atoms with van der Waals surface area (Å²) in [6.45, 7) is 3.32. The molecule has 2 heterocycles. The Labute approximate surface area is 100 Å². The quantitative estimate of drug-likeness (QED) is 0.753. The fraction of sp³-hybridized carbons (Fsp3) is 0.417. The number of hydrogen-bond donors (Lipinski definition) is 0. The molecule has 1 aliphatic heterocycles. The number of carbonyl (C=O) groups excluding carboxylic acids is 2. The highest BCUT2D eigenvalue weighted by Crippen LogP contribution is 2.09. The minimum absolute atomic E-state index is 0.00302. The maximum Gasteiger partial charge on any atom is 0.242 e. The van der Waals surface area contributed by atoms with Gasteiger partial charge in [-0.15, -0.1) is 0 Å². The Kier molecular flexibility index (Phi) is 3.37.